The monoisotopic (exact) mass is 544 g/mol. The van der Waals surface area contributed by atoms with E-state index in [0.29, 0.717) is 50.2 Å². The average molecular weight is 545 g/mol. The first-order valence-electron chi connectivity index (χ1n) is 13.8. The van der Waals surface area contributed by atoms with E-state index in [1.54, 1.807) is 36.4 Å². The van der Waals surface area contributed by atoms with E-state index in [-0.39, 0.29) is 31.4 Å². The van der Waals surface area contributed by atoms with Crippen molar-refractivity contribution in [2.45, 2.75) is 77.0 Å². The third-order valence-corrected chi connectivity index (χ3v) is 6.15. The number of fused-ring (bicyclic) bond motifs is 1. The van der Waals surface area contributed by atoms with Gasteiger partial charge in [-0.3, -0.25) is 9.59 Å². The summed E-state index contributed by atoms with van der Waals surface area (Å²) in [7, 11) is 0. The average Bonchev–Trinajstić information content (AvgIpc) is 2.93. The lowest BCUT2D eigenvalue weighted by atomic mass is 10.0. The van der Waals surface area contributed by atoms with Crippen molar-refractivity contribution in [1.82, 2.24) is 0 Å². The molecule has 0 heterocycles. The van der Waals surface area contributed by atoms with Crippen molar-refractivity contribution in [1.29, 1.82) is 0 Å². The van der Waals surface area contributed by atoms with E-state index in [4.69, 9.17) is 24.4 Å². The van der Waals surface area contributed by atoms with Gasteiger partial charge in [-0.05, 0) is 92.8 Å². The molecule has 9 heteroatoms. The first-order chi connectivity index (χ1) is 18.9. The third kappa shape index (κ3) is 13.2. The topological polar surface area (TPSA) is 136 Å². The van der Waals surface area contributed by atoms with Crippen molar-refractivity contribution in [3.8, 4) is 0 Å². The molecule has 0 bridgehead atoms. The van der Waals surface area contributed by atoms with Crippen molar-refractivity contribution < 1.29 is 43.6 Å². The zero-order chi connectivity index (χ0) is 28.3. The van der Waals surface area contributed by atoms with E-state index < -0.39 is 11.9 Å². The van der Waals surface area contributed by atoms with Crippen molar-refractivity contribution in [3.05, 3.63) is 47.5 Å². The van der Waals surface area contributed by atoms with Gasteiger partial charge < -0.3 is 24.4 Å². The number of carboxylic acid groups (broad SMARTS) is 1. The van der Waals surface area contributed by atoms with Crippen LogP contribution in [0.3, 0.4) is 0 Å². The standard InChI is InChI=1S/C30H40O9/c31-17-7-1-2-9-19-38-29(35)25-15-13-24-22-26(16-14-23(24)21-25)30(36)39-20-10-4-3-8-18-37-28(34)12-6-5-11-27(32)33/h13-16,21-22,31H,1-12,17-20H2,(H,32,33). The van der Waals surface area contributed by atoms with Gasteiger partial charge >= 0.3 is 23.9 Å². The fourth-order valence-corrected chi connectivity index (χ4v) is 3.92. The van der Waals surface area contributed by atoms with Crippen LogP contribution in [0.4, 0.5) is 0 Å². The van der Waals surface area contributed by atoms with Crippen LogP contribution in [0.25, 0.3) is 10.8 Å². The lowest BCUT2D eigenvalue weighted by molar-refractivity contribution is -0.144. The molecule has 0 aromatic heterocycles. The van der Waals surface area contributed by atoms with E-state index in [0.717, 1.165) is 55.7 Å². The molecule has 0 fully saturated rings. The smallest absolute Gasteiger partial charge is 0.338 e. The summed E-state index contributed by atoms with van der Waals surface area (Å²) in [5.41, 5.74) is 0.898. The number of carbonyl (C=O) groups is 4. The molecule has 0 saturated carbocycles. The summed E-state index contributed by atoms with van der Waals surface area (Å²) in [5, 5.41) is 19.0. The Hall–Kier alpha value is -3.46. The number of rotatable bonds is 20. The highest BCUT2D eigenvalue weighted by Gasteiger charge is 2.11. The highest BCUT2D eigenvalue weighted by atomic mass is 16.5. The second kappa shape index (κ2) is 18.7. The largest absolute Gasteiger partial charge is 0.481 e. The summed E-state index contributed by atoms with van der Waals surface area (Å²) in [4.78, 5) is 46.8. The molecule has 0 atom stereocenters. The number of unbranched alkanes of at least 4 members (excludes halogenated alkanes) is 7. The lowest BCUT2D eigenvalue weighted by Gasteiger charge is -2.08. The SMILES string of the molecule is O=C(O)CCCCC(=O)OCCCCCCOC(=O)c1ccc2cc(C(=O)OCCCCCCO)ccc2c1. The Morgan fingerprint density at radius 3 is 1.51 bits per heavy atom. The number of aliphatic carboxylic acids is 1. The summed E-state index contributed by atoms with van der Waals surface area (Å²) < 4.78 is 15.8. The van der Waals surface area contributed by atoms with Gasteiger partial charge in [0.05, 0.1) is 30.9 Å². The van der Waals surface area contributed by atoms with Crippen molar-refractivity contribution >= 4 is 34.6 Å². The molecule has 2 aromatic carbocycles. The minimum atomic E-state index is -0.862. The molecule has 0 amide bonds. The number of esters is 3. The van der Waals surface area contributed by atoms with Crippen LogP contribution in [0, 0.1) is 0 Å². The lowest BCUT2D eigenvalue weighted by Crippen LogP contribution is -2.08. The number of ether oxygens (including phenoxy) is 3. The maximum absolute atomic E-state index is 12.4. The van der Waals surface area contributed by atoms with Gasteiger partial charge in [0.15, 0.2) is 0 Å². The Labute approximate surface area is 229 Å². The van der Waals surface area contributed by atoms with Gasteiger partial charge in [0.2, 0.25) is 0 Å². The number of aliphatic hydroxyl groups is 1. The van der Waals surface area contributed by atoms with Gasteiger partial charge in [0, 0.05) is 19.4 Å². The molecular formula is C30H40O9. The summed E-state index contributed by atoms with van der Waals surface area (Å²) >= 11 is 0. The molecule has 214 valence electrons. The van der Waals surface area contributed by atoms with Gasteiger partial charge in [-0.2, -0.15) is 0 Å². The highest BCUT2D eigenvalue weighted by molar-refractivity contribution is 5.99. The van der Waals surface area contributed by atoms with Crippen molar-refractivity contribution in [3.63, 3.8) is 0 Å². The Bertz CT molecular complexity index is 1060. The van der Waals surface area contributed by atoms with Crippen LogP contribution in [0.2, 0.25) is 0 Å². The van der Waals surface area contributed by atoms with E-state index in [1.165, 1.54) is 0 Å². The highest BCUT2D eigenvalue weighted by Crippen LogP contribution is 2.19. The fraction of sp³-hybridized carbons (Fsp3) is 0.533. The Morgan fingerprint density at radius 2 is 1.03 bits per heavy atom. The third-order valence-electron chi connectivity index (χ3n) is 6.15. The number of hydrogen-bond donors (Lipinski definition) is 2. The Balaban J connectivity index is 1.62. The van der Waals surface area contributed by atoms with Crippen LogP contribution in [0.15, 0.2) is 36.4 Å². The van der Waals surface area contributed by atoms with Crippen LogP contribution in [-0.4, -0.2) is 60.5 Å². The van der Waals surface area contributed by atoms with E-state index in [1.807, 2.05) is 0 Å². The van der Waals surface area contributed by atoms with E-state index >= 15 is 0 Å². The van der Waals surface area contributed by atoms with Gasteiger partial charge in [-0.15, -0.1) is 0 Å². The van der Waals surface area contributed by atoms with Crippen LogP contribution in [0.1, 0.15) is 97.8 Å². The summed E-state index contributed by atoms with van der Waals surface area (Å²) in [5.74, 6) is -1.95. The van der Waals surface area contributed by atoms with Crippen molar-refractivity contribution in [2.75, 3.05) is 26.4 Å². The second-order valence-electron chi connectivity index (χ2n) is 9.42. The van der Waals surface area contributed by atoms with Gasteiger partial charge in [0.25, 0.3) is 0 Å². The van der Waals surface area contributed by atoms with Gasteiger partial charge in [-0.25, -0.2) is 9.59 Å². The predicted octanol–water partition coefficient (Wildman–Crippen LogP) is 5.45. The molecule has 0 aliphatic carbocycles. The van der Waals surface area contributed by atoms with E-state index in [9.17, 15) is 19.2 Å². The Kier molecular flexibility index (Phi) is 15.3. The quantitative estimate of drug-likeness (QED) is 0.127. The number of benzene rings is 2. The molecule has 39 heavy (non-hydrogen) atoms. The summed E-state index contributed by atoms with van der Waals surface area (Å²) in [6, 6.07) is 10.4. The minimum Gasteiger partial charge on any atom is -0.481 e. The van der Waals surface area contributed by atoms with Crippen LogP contribution in [-0.2, 0) is 23.8 Å². The first kappa shape index (κ1) is 31.8. The molecule has 2 N–H and O–H groups in total. The summed E-state index contributed by atoms with van der Waals surface area (Å²) in [6.45, 7) is 1.16. The number of carboxylic acids is 1. The predicted molar refractivity (Wildman–Crippen MR) is 146 cm³/mol. The van der Waals surface area contributed by atoms with E-state index in [2.05, 4.69) is 0 Å². The molecule has 0 spiro atoms. The van der Waals surface area contributed by atoms with Gasteiger partial charge in [-0.1, -0.05) is 18.6 Å². The van der Waals surface area contributed by atoms with Crippen LogP contribution < -0.4 is 0 Å². The van der Waals surface area contributed by atoms with Crippen LogP contribution in [0.5, 0.6) is 0 Å². The fourth-order valence-electron chi connectivity index (χ4n) is 3.92. The van der Waals surface area contributed by atoms with Gasteiger partial charge in [0.1, 0.15) is 0 Å². The molecule has 0 radical (unpaired) electrons. The molecular weight excluding hydrogens is 504 g/mol. The zero-order valence-corrected chi connectivity index (χ0v) is 22.5. The zero-order valence-electron chi connectivity index (χ0n) is 22.5. The summed E-state index contributed by atoms with van der Waals surface area (Å²) in [6.07, 6.45) is 7.72. The molecule has 0 aliphatic heterocycles. The number of carbonyl (C=O) groups excluding carboxylic acids is 3. The molecule has 2 aromatic rings. The molecule has 9 nitrogen and oxygen atoms in total. The van der Waals surface area contributed by atoms with Crippen LogP contribution >= 0.6 is 0 Å². The molecule has 0 aliphatic rings. The first-order valence-corrected chi connectivity index (χ1v) is 13.8. The minimum absolute atomic E-state index is 0.0617. The second-order valence-corrected chi connectivity index (χ2v) is 9.42. The number of aliphatic hydroxyl groups excluding tert-OH is 1. The molecule has 0 saturated heterocycles. The maximum atomic E-state index is 12.4. The van der Waals surface area contributed by atoms with Crippen molar-refractivity contribution in [2.24, 2.45) is 0 Å². The Morgan fingerprint density at radius 1 is 0.564 bits per heavy atom. The number of hydrogen-bond acceptors (Lipinski definition) is 8. The molecule has 0 unspecified atom stereocenters. The maximum Gasteiger partial charge on any atom is 0.338 e. The molecule has 2 rings (SSSR count). The normalized spacial score (nSPS) is 10.8.